The molecular formula is C50H43N4OPt-3. The molecule has 8 aromatic rings. The van der Waals surface area contributed by atoms with Crippen molar-refractivity contribution in [3.05, 3.63) is 180 Å². The molecule has 9 rings (SSSR count). The molecule has 0 unspecified atom stereocenters. The number of anilines is 3. The van der Waals surface area contributed by atoms with Crippen LogP contribution < -0.4 is 14.5 Å². The van der Waals surface area contributed by atoms with E-state index < -0.39 is 0 Å². The minimum Gasteiger partial charge on any atom is -0.509 e. The topological polar surface area (TPSA) is 33.5 Å². The Hall–Kier alpha value is -5.64. The van der Waals surface area contributed by atoms with Gasteiger partial charge in [-0.25, -0.2) is 4.98 Å². The van der Waals surface area contributed by atoms with Gasteiger partial charge in [-0.2, -0.15) is 18.8 Å². The van der Waals surface area contributed by atoms with E-state index >= 15 is 0 Å². The van der Waals surface area contributed by atoms with Crippen LogP contribution in [-0.2, 0) is 33.0 Å². The molecule has 2 aromatic heterocycles. The van der Waals surface area contributed by atoms with Gasteiger partial charge in [-0.05, 0) is 101 Å². The van der Waals surface area contributed by atoms with E-state index in [2.05, 4.69) is 184 Å². The molecule has 0 spiro atoms. The molecule has 3 heterocycles. The van der Waals surface area contributed by atoms with Crippen LogP contribution in [0.2, 0.25) is 0 Å². The Morgan fingerprint density at radius 1 is 0.696 bits per heavy atom. The maximum Gasteiger partial charge on any atom is 0.135 e. The van der Waals surface area contributed by atoms with Crippen LogP contribution in [0.3, 0.4) is 0 Å². The van der Waals surface area contributed by atoms with Crippen LogP contribution in [0.4, 0.5) is 17.1 Å². The van der Waals surface area contributed by atoms with Crippen LogP contribution in [0.1, 0.15) is 48.6 Å². The summed E-state index contributed by atoms with van der Waals surface area (Å²) in [4.78, 5) is 9.38. The summed E-state index contributed by atoms with van der Waals surface area (Å²) in [5.41, 5.74) is 14.2. The smallest absolute Gasteiger partial charge is 0.135 e. The summed E-state index contributed by atoms with van der Waals surface area (Å²) in [6, 6.07) is 51.8. The van der Waals surface area contributed by atoms with Gasteiger partial charge in [0.05, 0.1) is 0 Å². The van der Waals surface area contributed by atoms with Crippen LogP contribution in [0, 0.1) is 39.6 Å². The predicted octanol–water partition coefficient (Wildman–Crippen LogP) is 12.7. The summed E-state index contributed by atoms with van der Waals surface area (Å²) in [5.74, 6) is 2.09. The van der Waals surface area contributed by atoms with E-state index in [-0.39, 0.29) is 26.5 Å². The van der Waals surface area contributed by atoms with Gasteiger partial charge >= 0.3 is 0 Å². The first-order valence-electron chi connectivity index (χ1n) is 18.9. The Balaban J connectivity index is 0.00000441. The van der Waals surface area contributed by atoms with Crippen molar-refractivity contribution in [1.29, 1.82) is 0 Å². The molecule has 0 fully saturated rings. The molecule has 1 aliphatic rings. The molecule has 0 radical (unpaired) electrons. The van der Waals surface area contributed by atoms with Gasteiger partial charge in [-0.3, -0.25) is 0 Å². The van der Waals surface area contributed by atoms with Crippen molar-refractivity contribution < 1.29 is 25.8 Å². The van der Waals surface area contributed by atoms with Crippen LogP contribution in [0.5, 0.6) is 11.5 Å². The summed E-state index contributed by atoms with van der Waals surface area (Å²) < 4.78 is 8.76. The van der Waals surface area contributed by atoms with E-state index in [0.29, 0.717) is 11.5 Å². The Bertz CT molecular complexity index is 2730. The number of nitrogens with zero attached hydrogens (tertiary/aromatic N) is 4. The third kappa shape index (κ3) is 6.69. The molecule has 0 amide bonds. The van der Waals surface area contributed by atoms with Crippen molar-refractivity contribution in [1.82, 2.24) is 9.55 Å². The fourth-order valence-corrected chi connectivity index (χ4v) is 7.91. The molecule has 0 bridgehead atoms. The van der Waals surface area contributed by atoms with Crippen molar-refractivity contribution in [2.75, 3.05) is 9.80 Å². The second-order valence-corrected chi connectivity index (χ2v) is 15.5. The third-order valence-corrected chi connectivity index (χ3v) is 11.0. The molecule has 5 nitrogen and oxygen atoms in total. The molecule has 0 saturated heterocycles. The van der Waals surface area contributed by atoms with Gasteiger partial charge in [0, 0.05) is 62.2 Å². The van der Waals surface area contributed by atoms with Crippen LogP contribution in [0.25, 0.3) is 38.8 Å². The van der Waals surface area contributed by atoms with Gasteiger partial charge in [0.2, 0.25) is 0 Å². The van der Waals surface area contributed by atoms with E-state index in [1.54, 1.807) is 0 Å². The van der Waals surface area contributed by atoms with E-state index in [1.165, 1.54) is 38.9 Å². The number of aryl methyl sites for hydroxylation is 1. The molecule has 6 aromatic carbocycles. The van der Waals surface area contributed by atoms with Gasteiger partial charge in [0.15, 0.2) is 0 Å². The maximum absolute atomic E-state index is 6.57. The first-order chi connectivity index (χ1) is 26.6. The molecule has 6 heteroatoms. The Labute approximate surface area is 344 Å². The number of benzene rings is 6. The minimum absolute atomic E-state index is 0. The quantitative estimate of drug-likeness (QED) is 0.149. The summed E-state index contributed by atoms with van der Waals surface area (Å²) in [7, 11) is 0. The second-order valence-electron chi connectivity index (χ2n) is 15.5. The normalized spacial score (nSPS) is 12.6. The van der Waals surface area contributed by atoms with Gasteiger partial charge in [-0.1, -0.05) is 93.0 Å². The van der Waals surface area contributed by atoms with Crippen LogP contribution in [0.15, 0.2) is 134 Å². The molecule has 282 valence electrons. The maximum atomic E-state index is 6.57. The summed E-state index contributed by atoms with van der Waals surface area (Å²) in [5, 5.41) is 2.25. The number of hydrogen-bond donors (Lipinski definition) is 0. The summed E-state index contributed by atoms with van der Waals surface area (Å²) in [6.45, 7) is 16.3. The number of para-hydroxylation sites is 3. The average molecular weight is 911 g/mol. The SMILES string of the molecule is Cc1cc(CN2[CH-]N(c3[c-]c(Oc4[c-]c5c(cc4)c4ccccc4n5-c4cc(C(C)(C)C)ccn4)ccc3)c3ccccc32)c(-c2ccccc2)c(C)c1C.[Pt]. The molecule has 56 heavy (non-hydrogen) atoms. The number of hydrogen-bond acceptors (Lipinski definition) is 4. The molecule has 1 aliphatic heterocycles. The van der Waals surface area contributed by atoms with Crippen molar-refractivity contribution in [3.8, 4) is 28.4 Å². The predicted molar refractivity (Wildman–Crippen MR) is 227 cm³/mol. The summed E-state index contributed by atoms with van der Waals surface area (Å²) in [6.07, 6.45) is 1.90. The van der Waals surface area contributed by atoms with E-state index in [4.69, 9.17) is 9.72 Å². The van der Waals surface area contributed by atoms with Crippen molar-refractivity contribution in [2.45, 2.75) is 53.5 Å². The number of aromatic nitrogens is 2. The fourth-order valence-electron chi connectivity index (χ4n) is 7.91. The van der Waals surface area contributed by atoms with Gasteiger partial charge in [0.1, 0.15) is 5.82 Å². The minimum atomic E-state index is -0.0105. The second kappa shape index (κ2) is 14.8. The zero-order valence-electron chi connectivity index (χ0n) is 32.5. The fraction of sp³-hybridized carbons (Fsp3) is 0.160. The number of rotatable bonds is 7. The van der Waals surface area contributed by atoms with Gasteiger partial charge < -0.3 is 19.1 Å². The third-order valence-electron chi connectivity index (χ3n) is 11.0. The Morgan fingerprint density at radius 2 is 1.43 bits per heavy atom. The van der Waals surface area contributed by atoms with Gasteiger partial charge in [0.25, 0.3) is 0 Å². The van der Waals surface area contributed by atoms with E-state index in [9.17, 15) is 0 Å². The number of fused-ring (bicyclic) bond motifs is 4. The monoisotopic (exact) mass is 910 g/mol. The zero-order valence-corrected chi connectivity index (χ0v) is 34.8. The van der Waals surface area contributed by atoms with Crippen molar-refractivity contribution in [2.24, 2.45) is 0 Å². The zero-order chi connectivity index (χ0) is 37.8. The van der Waals surface area contributed by atoms with Crippen LogP contribution in [-0.4, -0.2) is 9.55 Å². The largest absolute Gasteiger partial charge is 0.509 e. The first-order valence-corrected chi connectivity index (χ1v) is 18.9. The Kier molecular flexibility index (Phi) is 9.85. The Morgan fingerprint density at radius 3 is 2.23 bits per heavy atom. The van der Waals surface area contributed by atoms with Gasteiger partial charge in [-0.15, -0.1) is 41.4 Å². The molecule has 0 aliphatic carbocycles. The van der Waals surface area contributed by atoms with Crippen LogP contribution >= 0.6 is 0 Å². The summed E-state index contributed by atoms with van der Waals surface area (Å²) >= 11 is 0. The van der Waals surface area contributed by atoms with E-state index in [1.807, 2.05) is 24.4 Å². The van der Waals surface area contributed by atoms with E-state index in [0.717, 1.165) is 51.2 Å². The average Bonchev–Trinajstić information content (AvgIpc) is 3.72. The standard InChI is InChI=1S/C50H43N4O.Pt/c1-33-27-37(49(35(3)34(33)2)36-15-8-7-9-16-36)31-52-32-53(46-22-13-12-21-45(46)52)39-17-14-18-40(29-39)55-41-23-24-43-42-19-10-11-20-44(42)54(47(43)30-41)48-28-38(25-26-51-48)50(4,5)6;/h7-28,32H,31H2,1-6H3;/q-3;. The van der Waals surface area contributed by atoms with Crippen molar-refractivity contribution in [3.63, 3.8) is 0 Å². The molecule has 0 N–H and O–H groups in total. The molecule has 0 saturated carbocycles. The van der Waals surface area contributed by atoms with Crippen molar-refractivity contribution >= 4 is 38.9 Å². The molecular weight excluding hydrogens is 868 g/mol. The number of pyridine rings is 1. The first kappa shape index (κ1) is 37.3. The number of ether oxygens (including phenoxy) is 1. The molecule has 0 atom stereocenters.